The highest BCUT2D eigenvalue weighted by Crippen LogP contribution is 2.11. The number of halogens is 1. The van der Waals surface area contributed by atoms with E-state index in [9.17, 15) is 17.6 Å². The number of hydrogen-bond donors (Lipinski definition) is 1. The molecule has 0 saturated carbocycles. The van der Waals surface area contributed by atoms with Crippen molar-refractivity contribution in [1.82, 2.24) is 5.32 Å². The first-order valence-electron chi connectivity index (χ1n) is 7.22. The first kappa shape index (κ1) is 17.1. The molecule has 6 heteroatoms. The number of carbonyl (C=O) groups excluding carboxylic acids is 1. The third-order valence-corrected chi connectivity index (χ3v) is 5.10. The van der Waals surface area contributed by atoms with Gasteiger partial charge in [0.15, 0.2) is 9.84 Å². The smallest absolute Gasteiger partial charge is 0.251 e. The fourth-order valence-electron chi connectivity index (χ4n) is 2.18. The monoisotopic (exact) mass is 335 g/mol. The standard InChI is InChI=1S/C17H18FNO3S/c1-13-10-14(12-15(18)11-13)17(20)19-8-5-9-23(21,22)16-6-3-2-4-7-16/h2-4,6-7,10-12H,5,8-9H2,1H3,(H,19,20). The van der Waals surface area contributed by atoms with E-state index in [1.807, 2.05) is 0 Å². The Morgan fingerprint density at radius 1 is 1.13 bits per heavy atom. The van der Waals surface area contributed by atoms with Gasteiger partial charge in [-0.25, -0.2) is 12.8 Å². The molecule has 0 spiro atoms. The van der Waals surface area contributed by atoms with Gasteiger partial charge in [-0.3, -0.25) is 4.79 Å². The fraction of sp³-hybridized carbons (Fsp3) is 0.235. The van der Waals surface area contributed by atoms with Crippen LogP contribution in [-0.4, -0.2) is 26.6 Å². The summed E-state index contributed by atoms with van der Waals surface area (Å²) < 4.78 is 37.4. The van der Waals surface area contributed by atoms with Crippen molar-refractivity contribution in [2.24, 2.45) is 0 Å². The molecule has 0 aliphatic heterocycles. The molecule has 0 bridgehead atoms. The minimum absolute atomic E-state index is 0.0561. The Labute approximate surface area is 135 Å². The van der Waals surface area contributed by atoms with Gasteiger partial charge in [0.05, 0.1) is 10.6 Å². The van der Waals surface area contributed by atoms with E-state index in [2.05, 4.69) is 5.32 Å². The molecule has 2 rings (SSSR count). The summed E-state index contributed by atoms with van der Waals surface area (Å²) in [5.74, 6) is -0.939. The van der Waals surface area contributed by atoms with Gasteiger partial charge in [0.25, 0.3) is 5.91 Å². The highest BCUT2D eigenvalue weighted by molar-refractivity contribution is 7.91. The van der Waals surface area contributed by atoms with Crippen LogP contribution >= 0.6 is 0 Å². The average molecular weight is 335 g/mol. The number of hydrogen-bond acceptors (Lipinski definition) is 3. The highest BCUT2D eigenvalue weighted by atomic mass is 32.2. The SMILES string of the molecule is Cc1cc(F)cc(C(=O)NCCCS(=O)(=O)c2ccccc2)c1. The van der Waals surface area contributed by atoms with Crippen molar-refractivity contribution in [1.29, 1.82) is 0 Å². The summed E-state index contributed by atoms with van der Waals surface area (Å²) in [5.41, 5.74) is 0.884. The third-order valence-electron chi connectivity index (χ3n) is 3.28. The number of amides is 1. The van der Waals surface area contributed by atoms with Gasteiger partial charge in [0, 0.05) is 12.1 Å². The molecular formula is C17H18FNO3S. The predicted molar refractivity (Wildman–Crippen MR) is 86.6 cm³/mol. The number of nitrogens with one attached hydrogen (secondary N) is 1. The molecule has 0 unspecified atom stereocenters. The lowest BCUT2D eigenvalue weighted by Gasteiger charge is -2.07. The van der Waals surface area contributed by atoms with Crippen molar-refractivity contribution in [3.8, 4) is 0 Å². The van der Waals surface area contributed by atoms with E-state index in [1.165, 1.54) is 6.07 Å². The van der Waals surface area contributed by atoms with Crippen LogP contribution in [0.15, 0.2) is 53.4 Å². The Hall–Kier alpha value is -2.21. The van der Waals surface area contributed by atoms with Crippen molar-refractivity contribution in [3.05, 3.63) is 65.5 Å². The molecule has 0 aromatic heterocycles. The maximum absolute atomic E-state index is 13.3. The van der Waals surface area contributed by atoms with Crippen molar-refractivity contribution in [2.45, 2.75) is 18.2 Å². The zero-order valence-corrected chi connectivity index (χ0v) is 13.6. The molecule has 2 aromatic rings. The van der Waals surface area contributed by atoms with Gasteiger partial charge in [0.1, 0.15) is 5.82 Å². The van der Waals surface area contributed by atoms with Crippen molar-refractivity contribution in [2.75, 3.05) is 12.3 Å². The number of sulfone groups is 1. The Morgan fingerprint density at radius 3 is 2.48 bits per heavy atom. The summed E-state index contributed by atoms with van der Waals surface area (Å²) in [5, 5.41) is 2.61. The van der Waals surface area contributed by atoms with Crippen LogP contribution in [0.1, 0.15) is 22.3 Å². The predicted octanol–water partition coefficient (Wildman–Crippen LogP) is 2.73. The summed E-state index contributed by atoms with van der Waals surface area (Å²) in [6.07, 6.45) is 0.289. The lowest BCUT2D eigenvalue weighted by molar-refractivity contribution is 0.0953. The van der Waals surface area contributed by atoms with Crippen LogP contribution < -0.4 is 5.32 Å². The molecule has 0 atom stereocenters. The van der Waals surface area contributed by atoms with E-state index < -0.39 is 21.6 Å². The van der Waals surface area contributed by atoms with Crippen molar-refractivity contribution >= 4 is 15.7 Å². The van der Waals surface area contributed by atoms with E-state index >= 15 is 0 Å². The molecule has 4 nitrogen and oxygen atoms in total. The maximum Gasteiger partial charge on any atom is 0.251 e. The molecule has 0 radical (unpaired) electrons. The van der Waals surface area contributed by atoms with Crippen LogP contribution in [0.4, 0.5) is 4.39 Å². The second kappa shape index (κ2) is 7.37. The Bertz CT molecular complexity index is 768. The lowest BCUT2D eigenvalue weighted by atomic mass is 10.1. The van der Waals surface area contributed by atoms with Gasteiger partial charge < -0.3 is 5.32 Å². The van der Waals surface area contributed by atoms with E-state index in [4.69, 9.17) is 0 Å². The summed E-state index contributed by atoms with van der Waals surface area (Å²) in [7, 11) is -3.35. The summed E-state index contributed by atoms with van der Waals surface area (Å²) >= 11 is 0. The van der Waals surface area contributed by atoms with E-state index in [0.717, 1.165) is 6.07 Å². The normalized spacial score (nSPS) is 11.2. The van der Waals surface area contributed by atoms with Gasteiger partial charge >= 0.3 is 0 Å². The van der Waals surface area contributed by atoms with E-state index in [1.54, 1.807) is 43.3 Å². The number of rotatable bonds is 6. The Kier molecular flexibility index (Phi) is 5.50. The third kappa shape index (κ3) is 4.89. The van der Waals surface area contributed by atoms with E-state index in [0.29, 0.717) is 5.56 Å². The summed E-state index contributed by atoms with van der Waals surface area (Å²) in [4.78, 5) is 12.2. The Morgan fingerprint density at radius 2 is 1.83 bits per heavy atom. The van der Waals surface area contributed by atoms with Gasteiger partial charge in [-0.05, 0) is 49.2 Å². The molecular weight excluding hydrogens is 317 g/mol. The highest BCUT2D eigenvalue weighted by Gasteiger charge is 2.14. The number of aryl methyl sites for hydroxylation is 1. The molecule has 0 saturated heterocycles. The zero-order chi connectivity index (χ0) is 16.9. The average Bonchev–Trinajstić information content (AvgIpc) is 2.51. The maximum atomic E-state index is 13.3. The molecule has 23 heavy (non-hydrogen) atoms. The second-order valence-electron chi connectivity index (χ2n) is 5.26. The van der Waals surface area contributed by atoms with Gasteiger partial charge in [0.2, 0.25) is 0 Å². The van der Waals surface area contributed by atoms with Crippen LogP contribution in [0.2, 0.25) is 0 Å². The van der Waals surface area contributed by atoms with Crippen LogP contribution in [0.5, 0.6) is 0 Å². The lowest BCUT2D eigenvalue weighted by Crippen LogP contribution is -2.26. The summed E-state index contributed by atoms with van der Waals surface area (Å²) in [6.45, 7) is 1.91. The minimum Gasteiger partial charge on any atom is -0.352 e. The second-order valence-corrected chi connectivity index (χ2v) is 7.37. The molecule has 0 fully saturated rings. The first-order chi connectivity index (χ1) is 10.9. The summed E-state index contributed by atoms with van der Waals surface area (Å²) in [6, 6.07) is 12.3. The first-order valence-corrected chi connectivity index (χ1v) is 8.87. The minimum atomic E-state index is -3.35. The van der Waals surface area contributed by atoms with Crippen LogP contribution in [0, 0.1) is 12.7 Å². The number of benzene rings is 2. The van der Waals surface area contributed by atoms with Gasteiger partial charge in [-0.15, -0.1) is 0 Å². The molecule has 122 valence electrons. The van der Waals surface area contributed by atoms with Gasteiger partial charge in [-0.1, -0.05) is 18.2 Å². The number of carbonyl (C=O) groups is 1. The molecule has 1 N–H and O–H groups in total. The molecule has 0 aliphatic carbocycles. The zero-order valence-electron chi connectivity index (χ0n) is 12.8. The molecule has 1 amide bonds. The molecule has 2 aromatic carbocycles. The van der Waals surface area contributed by atoms with Crippen molar-refractivity contribution in [3.63, 3.8) is 0 Å². The Balaban J connectivity index is 1.87. The fourth-order valence-corrected chi connectivity index (χ4v) is 3.51. The van der Waals surface area contributed by atoms with E-state index in [-0.39, 0.29) is 29.2 Å². The van der Waals surface area contributed by atoms with Crippen molar-refractivity contribution < 1.29 is 17.6 Å². The quantitative estimate of drug-likeness (QED) is 0.826. The molecule has 0 aliphatic rings. The van der Waals surface area contributed by atoms with Crippen LogP contribution in [0.3, 0.4) is 0 Å². The van der Waals surface area contributed by atoms with Gasteiger partial charge in [-0.2, -0.15) is 0 Å². The topological polar surface area (TPSA) is 63.2 Å². The molecule has 0 heterocycles. The van der Waals surface area contributed by atoms with Crippen LogP contribution in [-0.2, 0) is 9.84 Å². The largest absolute Gasteiger partial charge is 0.352 e. The van der Waals surface area contributed by atoms with Crippen LogP contribution in [0.25, 0.3) is 0 Å².